The van der Waals surface area contributed by atoms with Crippen LogP contribution in [0, 0.1) is 10.1 Å². The maximum absolute atomic E-state index is 12.7. The number of nitrogens with one attached hydrogen (secondary N) is 1. The lowest BCUT2D eigenvalue weighted by Crippen LogP contribution is -2.37. The average Bonchev–Trinajstić information content (AvgIpc) is 2.68. The van der Waals surface area contributed by atoms with E-state index in [1.54, 1.807) is 19.0 Å². The highest BCUT2D eigenvalue weighted by atomic mass is 32.2. The van der Waals surface area contributed by atoms with E-state index in [0.717, 1.165) is 12.1 Å². The Morgan fingerprint density at radius 3 is 2.43 bits per heavy atom. The topological polar surface area (TPSA) is 131 Å². The number of morpholine rings is 1. The number of non-ortho nitro benzene ring substituents is 1. The zero-order valence-electron chi connectivity index (χ0n) is 15.4. The second kappa shape index (κ2) is 7.94. The first kappa shape index (κ1) is 19.8. The van der Waals surface area contributed by atoms with Gasteiger partial charge >= 0.3 is 0 Å². The molecule has 28 heavy (non-hydrogen) atoms. The Labute approximate surface area is 162 Å². The summed E-state index contributed by atoms with van der Waals surface area (Å²) in [6.45, 7) is 2.46. The normalized spacial score (nSPS) is 14.6. The van der Waals surface area contributed by atoms with Gasteiger partial charge in [-0.05, 0) is 12.1 Å². The number of rotatable bonds is 6. The summed E-state index contributed by atoms with van der Waals surface area (Å²) >= 11 is 0. The van der Waals surface area contributed by atoms with Crippen LogP contribution in [0.1, 0.15) is 0 Å². The van der Waals surface area contributed by atoms with Gasteiger partial charge in [0.05, 0.1) is 29.2 Å². The van der Waals surface area contributed by atoms with Crippen LogP contribution >= 0.6 is 0 Å². The molecule has 0 atom stereocenters. The van der Waals surface area contributed by atoms with Crippen molar-refractivity contribution in [2.24, 2.45) is 0 Å². The largest absolute Gasteiger partial charge is 0.378 e. The number of benzene rings is 1. The summed E-state index contributed by atoms with van der Waals surface area (Å²) in [6.07, 6.45) is 1.41. The molecule has 0 radical (unpaired) electrons. The summed E-state index contributed by atoms with van der Waals surface area (Å²) in [4.78, 5) is 22.5. The van der Waals surface area contributed by atoms with Gasteiger partial charge in [0.15, 0.2) is 5.82 Å². The van der Waals surface area contributed by atoms with Crippen molar-refractivity contribution >= 4 is 33.2 Å². The fourth-order valence-electron chi connectivity index (χ4n) is 2.64. The Hall–Kier alpha value is -2.99. The highest BCUT2D eigenvalue weighted by Gasteiger charge is 2.21. The maximum Gasteiger partial charge on any atom is 0.269 e. The quantitative estimate of drug-likeness (QED) is 0.551. The molecule has 3 rings (SSSR count). The number of aromatic nitrogens is 2. The first-order valence-corrected chi connectivity index (χ1v) is 9.90. The Balaban J connectivity index is 1.88. The summed E-state index contributed by atoms with van der Waals surface area (Å²) in [6, 6.07) is 4.64. The highest BCUT2D eigenvalue weighted by Crippen LogP contribution is 2.27. The van der Waals surface area contributed by atoms with Crippen molar-refractivity contribution in [3.63, 3.8) is 0 Å². The first-order chi connectivity index (χ1) is 13.3. The zero-order chi connectivity index (χ0) is 20.3. The average molecular weight is 408 g/mol. The number of nitro benzene ring substituents is 1. The van der Waals surface area contributed by atoms with Gasteiger partial charge in [0.1, 0.15) is 5.69 Å². The molecule has 0 saturated carbocycles. The lowest BCUT2D eigenvalue weighted by atomic mass is 10.3. The molecule has 12 heteroatoms. The van der Waals surface area contributed by atoms with Crippen LogP contribution in [-0.2, 0) is 14.8 Å². The SMILES string of the molecule is CN(C)c1nc(N2CCOCC2)ncc1NS(=O)(=O)c1ccc([N+](=O)[O-])cc1. The Morgan fingerprint density at radius 2 is 1.86 bits per heavy atom. The molecular formula is C16H20N6O5S. The molecule has 0 spiro atoms. The van der Waals surface area contributed by atoms with Crippen LogP contribution in [0.5, 0.6) is 0 Å². The summed E-state index contributed by atoms with van der Waals surface area (Å²) in [7, 11) is -0.472. The summed E-state index contributed by atoms with van der Waals surface area (Å²) in [5.41, 5.74) is 0.0199. The zero-order valence-corrected chi connectivity index (χ0v) is 16.2. The van der Waals surface area contributed by atoms with Crippen molar-refractivity contribution in [3.8, 4) is 0 Å². The molecule has 2 heterocycles. The van der Waals surface area contributed by atoms with Crippen LogP contribution in [0.2, 0.25) is 0 Å². The van der Waals surface area contributed by atoms with Gasteiger partial charge < -0.3 is 14.5 Å². The fourth-order valence-corrected chi connectivity index (χ4v) is 3.69. The minimum atomic E-state index is -3.96. The van der Waals surface area contributed by atoms with Crippen molar-refractivity contribution < 1.29 is 18.1 Å². The van der Waals surface area contributed by atoms with E-state index < -0.39 is 14.9 Å². The van der Waals surface area contributed by atoms with Crippen molar-refractivity contribution in [2.45, 2.75) is 4.90 Å². The number of hydrogen-bond donors (Lipinski definition) is 1. The van der Waals surface area contributed by atoms with Gasteiger partial charge in [-0.3, -0.25) is 14.8 Å². The van der Waals surface area contributed by atoms with Gasteiger partial charge in [0.2, 0.25) is 5.95 Å². The van der Waals surface area contributed by atoms with Gasteiger partial charge in [0.25, 0.3) is 15.7 Å². The number of ether oxygens (including phenoxy) is 1. The molecule has 0 unspecified atom stereocenters. The molecule has 0 bridgehead atoms. The third kappa shape index (κ3) is 4.28. The van der Waals surface area contributed by atoms with Crippen molar-refractivity contribution in [1.82, 2.24) is 9.97 Å². The van der Waals surface area contributed by atoms with Gasteiger partial charge in [-0.25, -0.2) is 13.4 Å². The Bertz CT molecular complexity index is 958. The number of nitrogens with zero attached hydrogens (tertiary/aromatic N) is 5. The van der Waals surface area contributed by atoms with Crippen molar-refractivity contribution in [2.75, 3.05) is 54.9 Å². The second-order valence-electron chi connectivity index (χ2n) is 6.26. The van der Waals surface area contributed by atoms with Crippen molar-refractivity contribution in [1.29, 1.82) is 0 Å². The Kier molecular flexibility index (Phi) is 5.61. The molecule has 2 aromatic rings. The molecule has 0 amide bonds. The van der Waals surface area contributed by atoms with Crippen LogP contribution in [0.3, 0.4) is 0 Å². The van der Waals surface area contributed by atoms with Gasteiger partial charge in [-0.1, -0.05) is 0 Å². The summed E-state index contributed by atoms with van der Waals surface area (Å²) < 4.78 is 33.1. The first-order valence-electron chi connectivity index (χ1n) is 8.42. The van der Waals surface area contributed by atoms with Crippen LogP contribution in [0.4, 0.5) is 23.1 Å². The maximum atomic E-state index is 12.7. The lowest BCUT2D eigenvalue weighted by Gasteiger charge is -2.28. The van der Waals surface area contributed by atoms with Gasteiger partial charge in [-0.2, -0.15) is 4.98 Å². The molecule has 1 saturated heterocycles. The fraction of sp³-hybridized carbons (Fsp3) is 0.375. The molecule has 1 aromatic carbocycles. The molecule has 1 aliphatic heterocycles. The van der Waals surface area contributed by atoms with E-state index in [9.17, 15) is 18.5 Å². The van der Waals surface area contributed by atoms with E-state index in [1.807, 2.05) is 4.90 Å². The monoisotopic (exact) mass is 408 g/mol. The third-order valence-corrected chi connectivity index (χ3v) is 5.46. The van der Waals surface area contributed by atoms with Crippen LogP contribution in [-0.4, -0.2) is 63.7 Å². The predicted octanol–water partition coefficient (Wildman–Crippen LogP) is 1.09. The standard InChI is InChI=1S/C16H20N6O5S/c1-20(2)15-14(11-17-16(18-15)21-7-9-27-10-8-21)19-28(25,26)13-5-3-12(4-6-13)22(23)24/h3-6,11,19H,7-10H2,1-2H3. The van der Waals surface area contributed by atoms with E-state index >= 15 is 0 Å². The van der Waals surface area contributed by atoms with Gasteiger partial charge in [-0.15, -0.1) is 0 Å². The van der Waals surface area contributed by atoms with E-state index in [0.29, 0.717) is 38.1 Å². The van der Waals surface area contributed by atoms with Crippen molar-refractivity contribution in [3.05, 3.63) is 40.6 Å². The minimum Gasteiger partial charge on any atom is -0.378 e. The smallest absolute Gasteiger partial charge is 0.269 e. The van der Waals surface area contributed by atoms with Crippen LogP contribution < -0.4 is 14.5 Å². The molecule has 1 N–H and O–H groups in total. The van der Waals surface area contributed by atoms with Crippen LogP contribution in [0.15, 0.2) is 35.4 Å². The Morgan fingerprint density at radius 1 is 1.21 bits per heavy atom. The van der Waals surface area contributed by atoms with Gasteiger partial charge in [0, 0.05) is 39.3 Å². The van der Waals surface area contributed by atoms with E-state index in [4.69, 9.17) is 4.74 Å². The molecule has 150 valence electrons. The molecular weight excluding hydrogens is 388 g/mol. The third-order valence-electron chi connectivity index (χ3n) is 4.08. The summed E-state index contributed by atoms with van der Waals surface area (Å²) in [5, 5.41) is 10.7. The van der Waals surface area contributed by atoms with Crippen LogP contribution in [0.25, 0.3) is 0 Å². The molecule has 0 aliphatic carbocycles. The number of nitro groups is 1. The number of anilines is 3. The molecule has 11 nitrogen and oxygen atoms in total. The summed E-state index contributed by atoms with van der Waals surface area (Å²) in [5.74, 6) is 0.896. The minimum absolute atomic E-state index is 0.0972. The predicted molar refractivity (Wildman–Crippen MR) is 103 cm³/mol. The molecule has 1 aliphatic rings. The number of hydrogen-bond acceptors (Lipinski definition) is 9. The molecule has 1 aromatic heterocycles. The highest BCUT2D eigenvalue weighted by molar-refractivity contribution is 7.92. The molecule has 1 fully saturated rings. The lowest BCUT2D eigenvalue weighted by molar-refractivity contribution is -0.384. The second-order valence-corrected chi connectivity index (χ2v) is 7.94. The van der Waals surface area contributed by atoms with E-state index in [1.165, 1.54) is 18.3 Å². The van der Waals surface area contributed by atoms with E-state index in [-0.39, 0.29) is 16.3 Å². The number of sulfonamides is 1. The van der Waals surface area contributed by atoms with E-state index in [2.05, 4.69) is 14.7 Å².